The number of benzene rings is 1. The minimum atomic E-state index is -0.451. The van der Waals surface area contributed by atoms with Gasteiger partial charge in [-0.2, -0.15) is 0 Å². The van der Waals surface area contributed by atoms with Crippen LogP contribution >= 0.6 is 15.9 Å². The third kappa shape index (κ3) is 3.48. The van der Waals surface area contributed by atoms with Crippen LogP contribution in [0.1, 0.15) is 16.1 Å². The molecule has 0 spiro atoms. The number of nitrogens with zero attached hydrogens (tertiary/aromatic N) is 1. The van der Waals surface area contributed by atoms with E-state index in [-0.39, 0.29) is 6.61 Å². The first-order chi connectivity index (χ1) is 9.60. The van der Waals surface area contributed by atoms with Crippen LogP contribution in [0.2, 0.25) is 0 Å². The second-order valence-electron chi connectivity index (χ2n) is 4.00. The van der Waals surface area contributed by atoms with Crippen LogP contribution in [0.3, 0.4) is 0 Å². The van der Waals surface area contributed by atoms with Gasteiger partial charge in [-0.3, -0.25) is 4.98 Å². The van der Waals surface area contributed by atoms with Crippen LogP contribution in [0.25, 0.3) is 0 Å². The van der Waals surface area contributed by atoms with E-state index in [9.17, 15) is 4.79 Å². The quantitative estimate of drug-likeness (QED) is 0.686. The molecule has 1 aromatic heterocycles. The predicted molar refractivity (Wildman–Crippen MR) is 78.5 cm³/mol. The zero-order valence-corrected chi connectivity index (χ0v) is 12.4. The number of halogens is 1. The first-order valence-electron chi connectivity index (χ1n) is 5.81. The minimum absolute atomic E-state index is 0.110. The number of hydrogen-bond donors (Lipinski definition) is 1. The van der Waals surface area contributed by atoms with Gasteiger partial charge < -0.3 is 15.2 Å². The standard InChI is InChI=1S/C14H13BrN2O3/c1-19-13-6-9(2-5-12(13)16)14(18)20-8-11-4-3-10(15)7-17-11/h2-7H,8,16H2,1H3. The molecule has 2 N–H and O–H groups in total. The Kier molecular flexibility index (Phi) is 4.57. The van der Waals surface area contributed by atoms with E-state index in [2.05, 4.69) is 20.9 Å². The molecule has 0 aliphatic carbocycles. The zero-order valence-electron chi connectivity index (χ0n) is 10.8. The number of nitrogens with two attached hydrogens (primary N) is 1. The van der Waals surface area contributed by atoms with Crippen LogP contribution in [-0.4, -0.2) is 18.1 Å². The summed E-state index contributed by atoms with van der Waals surface area (Å²) in [5.41, 5.74) is 7.21. The Morgan fingerprint density at radius 1 is 1.35 bits per heavy atom. The number of carbonyl (C=O) groups excluding carboxylic acids is 1. The van der Waals surface area contributed by atoms with Crippen LogP contribution in [-0.2, 0) is 11.3 Å². The zero-order chi connectivity index (χ0) is 14.5. The van der Waals surface area contributed by atoms with Crippen molar-refractivity contribution in [1.29, 1.82) is 0 Å². The summed E-state index contributed by atoms with van der Waals surface area (Å²) in [6, 6.07) is 8.36. The molecule has 1 aromatic carbocycles. The van der Waals surface area contributed by atoms with Crippen molar-refractivity contribution in [3.8, 4) is 5.75 Å². The number of esters is 1. The summed E-state index contributed by atoms with van der Waals surface area (Å²) in [7, 11) is 1.49. The minimum Gasteiger partial charge on any atom is -0.495 e. The summed E-state index contributed by atoms with van der Waals surface area (Å²) >= 11 is 3.29. The Hall–Kier alpha value is -2.08. The number of rotatable bonds is 4. The normalized spacial score (nSPS) is 10.1. The van der Waals surface area contributed by atoms with E-state index in [1.807, 2.05) is 6.07 Å². The predicted octanol–water partition coefficient (Wildman–Crippen LogP) is 2.79. The van der Waals surface area contributed by atoms with Crippen molar-refractivity contribution in [3.63, 3.8) is 0 Å². The Balaban J connectivity index is 2.03. The smallest absolute Gasteiger partial charge is 0.338 e. The lowest BCUT2D eigenvalue weighted by molar-refractivity contribution is 0.0467. The van der Waals surface area contributed by atoms with Gasteiger partial charge >= 0.3 is 5.97 Å². The van der Waals surface area contributed by atoms with Crippen molar-refractivity contribution in [2.75, 3.05) is 12.8 Å². The number of carbonyl (C=O) groups is 1. The lowest BCUT2D eigenvalue weighted by Gasteiger charge is -2.08. The fourth-order valence-corrected chi connectivity index (χ4v) is 1.79. The Labute approximate surface area is 124 Å². The summed E-state index contributed by atoms with van der Waals surface area (Å²) < 4.78 is 11.1. The summed E-state index contributed by atoms with van der Waals surface area (Å²) in [5.74, 6) is -0.00534. The number of aromatic nitrogens is 1. The number of anilines is 1. The molecule has 5 nitrogen and oxygen atoms in total. The molecule has 20 heavy (non-hydrogen) atoms. The number of ether oxygens (including phenoxy) is 2. The lowest BCUT2D eigenvalue weighted by Crippen LogP contribution is -2.07. The van der Waals surface area contributed by atoms with Gasteiger partial charge in [0.2, 0.25) is 0 Å². The molecule has 2 aromatic rings. The highest BCUT2D eigenvalue weighted by Crippen LogP contribution is 2.22. The van der Waals surface area contributed by atoms with E-state index in [0.29, 0.717) is 22.7 Å². The third-order valence-electron chi connectivity index (χ3n) is 2.61. The Morgan fingerprint density at radius 3 is 2.80 bits per heavy atom. The highest BCUT2D eigenvalue weighted by atomic mass is 79.9. The number of pyridine rings is 1. The second kappa shape index (κ2) is 6.38. The lowest BCUT2D eigenvalue weighted by atomic mass is 10.2. The summed E-state index contributed by atoms with van der Waals surface area (Å²) in [6.07, 6.45) is 1.65. The molecular weight excluding hydrogens is 324 g/mol. The van der Waals surface area contributed by atoms with Crippen molar-refractivity contribution in [1.82, 2.24) is 4.98 Å². The van der Waals surface area contributed by atoms with Crippen LogP contribution in [0.15, 0.2) is 41.0 Å². The number of hydrogen-bond acceptors (Lipinski definition) is 5. The summed E-state index contributed by atoms with van der Waals surface area (Å²) in [4.78, 5) is 16.0. The average molecular weight is 337 g/mol. The SMILES string of the molecule is COc1cc(C(=O)OCc2ccc(Br)cn2)ccc1N. The molecule has 0 atom stereocenters. The molecule has 6 heteroatoms. The van der Waals surface area contributed by atoms with Crippen molar-refractivity contribution < 1.29 is 14.3 Å². The van der Waals surface area contributed by atoms with Gasteiger partial charge in [-0.15, -0.1) is 0 Å². The van der Waals surface area contributed by atoms with Crippen LogP contribution in [0.4, 0.5) is 5.69 Å². The molecule has 0 radical (unpaired) electrons. The van der Waals surface area contributed by atoms with E-state index in [1.165, 1.54) is 7.11 Å². The first-order valence-corrected chi connectivity index (χ1v) is 6.60. The monoisotopic (exact) mass is 336 g/mol. The molecule has 0 aliphatic heterocycles. The third-order valence-corrected chi connectivity index (χ3v) is 3.08. The summed E-state index contributed by atoms with van der Waals surface area (Å²) in [6.45, 7) is 0.110. The van der Waals surface area contributed by atoms with Crippen molar-refractivity contribution in [3.05, 3.63) is 52.3 Å². The molecule has 0 unspecified atom stereocenters. The Morgan fingerprint density at radius 2 is 2.15 bits per heavy atom. The molecule has 104 valence electrons. The molecule has 0 bridgehead atoms. The number of nitrogen functional groups attached to an aromatic ring is 1. The molecule has 2 rings (SSSR count). The van der Waals surface area contributed by atoms with Gasteiger partial charge in [-0.25, -0.2) is 4.79 Å². The highest BCUT2D eigenvalue weighted by Gasteiger charge is 2.10. The fourth-order valence-electron chi connectivity index (χ4n) is 1.55. The van der Waals surface area contributed by atoms with E-state index in [4.69, 9.17) is 15.2 Å². The van der Waals surface area contributed by atoms with E-state index >= 15 is 0 Å². The Bertz CT molecular complexity index is 614. The van der Waals surface area contributed by atoms with Gasteiger partial charge in [0.25, 0.3) is 0 Å². The van der Waals surface area contributed by atoms with Crippen molar-refractivity contribution in [2.45, 2.75) is 6.61 Å². The maximum absolute atomic E-state index is 11.9. The van der Waals surface area contributed by atoms with Gasteiger partial charge in [0.15, 0.2) is 0 Å². The van der Waals surface area contributed by atoms with Gasteiger partial charge in [0.05, 0.1) is 24.1 Å². The molecule has 0 saturated carbocycles. The number of methoxy groups -OCH3 is 1. The van der Waals surface area contributed by atoms with E-state index < -0.39 is 5.97 Å². The molecule has 0 aliphatic rings. The van der Waals surface area contributed by atoms with Crippen molar-refractivity contribution >= 4 is 27.6 Å². The average Bonchev–Trinajstić information content (AvgIpc) is 2.47. The van der Waals surface area contributed by atoms with Crippen LogP contribution in [0.5, 0.6) is 5.75 Å². The van der Waals surface area contributed by atoms with E-state index in [1.54, 1.807) is 30.5 Å². The van der Waals surface area contributed by atoms with Gasteiger partial charge in [0.1, 0.15) is 12.4 Å². The molecule has 1 heterocycles. The van der Waals surface area contributed by atoms with Gasteiger partial charge in [-0.05, 0) is 46.3 Å². The van der Waals surface area contributed by atoms with E-state index in [0.717, 1.165) is 4.47 Å². The second-order valence-corrected chi connectivity index (χ2v) is 4.92. The largest absolute Gasteiger partial charge is 0.495 e. The molecular formula is C14H13BrN2O3. The molecule has 0 saturated heterocycles. The molecule has 0 amide bonds. The maximum atomic E-state index is 11.9. The summed E-state index contributed by atoms with van der Waals surface area (Å²) in [5, 5.41) is 0. The maximum Gasteiger partial charge on any atom is 0.338 e. The van der Waals surface area contributed by atoms with Crippen LogP contribution < -0.4 is 10.5 Å². The topological polar surface area (TPSA) is 74.4 Å². The van der Waals surface area contributed by atoms with Crippen LogP contribution in [0, 0.1) is 0 Å². The van der Waals surface area contributed by atoms with Gasteiger partial charge in [0, 0.05) is 10.7 Å². The first kappa shape index (κ1) is 14.3. The van der Waals surface area contributed by atoms with Gasteiger partial charge in [-0.1, -0.05) is 0 Å². The fraction of sp³-hybridized carbons (Fsp3) is 0.143. The van der Waals surface area contributed by atoms with Crippen molar-refractivity contribution in [2.24, 2.45) is 0 Å². The highest BCUT2D eigenvalue weighted by molar-refractivity contribution is 9.10. The molecule has 0 fully saturated rings.